The van der Waals surface area contributed by atoms with Crippen LogP contribution in [0.15, 0.2) is 53.4 Å². The highest BCUT2D eigenvalue weighted by Crippen LogP contribution is 2.30. The summed E-state index contributed by atoms with van der Waals surface area (Å²) in [7, 11) is 4.23. The lowest BCUT2D eigenvalue weighted by atomic mass is 9.92. The van der Waals surface area contributed by atoms with Crippen LogP contribution >= 0.6 is 23.5 Å². The topological polar surface area (TPSA) is 38.8 Å². The molecular formula is C32H47NO3S2. The van der Waals surface area contributed by atoms with Crippen molar-refractivity contribution in [2.45, 2.75) is 51.3 Å². The van der Waals surface area contributed by atoms with Crippen LogP contribution in [0.1, 0.15) is 56.7 Å². The smallest absolute Gasteiger partial charge is 0.293 e. The van der Waals surface area contributed by atoms with Gasteiger partial charge in [0.1, 0.15) is 6.61 Å². The molecular weight excluding hydrogens is 510 g/mol. The number of carbonyl (C=O) groups is 1. The van der Waals surface area contributed by atoms with E-state index < -0.39 is 0 Å². The first-order chi connectivity index (χ1) is 18.3. The maximum atomic E-state index is 10.00. The molecule has 2 aromatic carbocycles. The molecule has 0 spiro atoms. The minimum atomic E-state index is 0.337. The fourth-order valence-corrected chi connectivity index (χ4v) is 5.69. The molecule has 0 fully saturated rings. The predicted molar refractivity (Wildman–Crippen MR) is 167 cm³/mol. The fraction of sp³-hybridized carbons (Fsp3) is 0.531. The summed E-state index contributed by atoms with van der Waals surface area (Å²) in [6.07, 6.45) is 7.17. The second-order valence-electron chi connectivity index (χ2n) is 10.9. The van der Waals surface area contributed by atoms with Crippen molar-refractivity contribution in [1.82, 2.24) is 4.90 Å². The van der Waals surface area contributed by atoms with Gasteiger partial charge in [-0.25, -0.2) is 0 Å². The normalized spacial score (nSPS) is 13.2. The number of hydrogen-bond acceptors (Lipinski definition) is 6. The highest BCUT2D eigenvalue weighted by molar-refractivity contribution is 8.02. The zero-order valence-corrected chi connectivity index (χ0v) is 25.7. The summed E-state index contributed by atoms with van der Waals surface area (Å²) in [4.78, 5) is 13.6. The first-order valence-corrected chi connectivity index (χ1v) is 15.8. The van der Waals surface area contributed by atoms with Crippen LogP contribution in [0.2, 0.25) is 0 Å². The van der Waals surface area contributed by atoms with E-state index in [2.05, 4.69) is 99.1 Å². The number of fused-ring (bicyclic) bond motifs is 1. The largest absolute Gasteiger partial charge is 0.465 e. The third-order valence-electron chi connectivity index (χ3n) is 6.09. The molecule has 0 bridgehead atoms. The van der Waals surface area contributed by atoms with Crippen LogP contribution in [0.25, 0.3) is 11.6 Å². The highest BCUT2D eigenvalue weighted by Gasteiger charge is 2.10. The van der Waals surface area contributed by atoms with Crippen LogP contribution in [-0.2, 0) is 20.7 Å². The van der Waals surface area contributed by atoms with Gasteiger partial charge in [0.05, 0.1) is 13.2 Å². The zero-order chi connectivity index (χ0) is 27.6. The van der Waals surface area contributed by atoms with Crippen molar-refractivity contribution in [2.75, 3.05) is 57.7 Å². The van der Waals surface area contributed by atoms with Crippen molar-refractivity contribution in [3.63, 3.8) is 0 Å². The molecule has 0 aliphatic heterocycles. The average molecular weight is 558 g/mol. The Labute approximate surface area is 239 Å². The van der Waals surface area contributed by atoms with E-state index in [1.54, 1.807) is 0 Å². The molecule has 0 atom stereocenters. The Hall–Kier alpha value is -1.73. The maximum Gasteiger partial charge on any atom is 0.293 e. The van der Waals surface area contributed by atoms with Crippen molar-refractivity contribution in [2.24, 2.45) is 5.41 Å². The molecule has 0 N–H and O–H groups in total. The number of rotatable bonds is 14. The summed E-state index contributed by atoms with van der Waals surface area (Å²) in [6, 6.07) is 17.8. The number of thioether (sulfide) groups is 2. The van der Waals surface area contributed by atoms with Crippen molar-refractivity contribution < 1.29 is 14.3 Å². The minimum absolute atomic E-state index is 0.337. The highest BCUT2D eigenvalue weighted by atomic mass is 32.2. The molecule has 0 radical (unpaired) electrons. The van der Waals surface area contributed by atoms with Gasteiger partial charge in [0.15, 0.2) is 0 Å². The quantitative estimate of drug-likeness (QED) is 0.136. The lowest BCUT2D eigenvalue weighted by molar-refractivity contribution is -0.130. The van der Waals surface area contributed by atoms with Crippen molar-refractivity contribution >= 4 is 41.6 Å². The molecule has 3 rings (SSSR count). The van der Waals surface area contributed by atoms with Crippen LogP contribution in [0.5, 0.6) is 0 Å². The van der Waals surface area contributed by atoms with Crippen LogP contribution in [-0.4, -0.2) is 69.1 Å². The van der Waals surface area contributed by atoms with Gasteiger partial charge in [-0.2, -0.15) is 11.8 Å². The molecule has 0 saturated carbocycles. The Bertz CT molecular complexity index is 952. The minimum Gasteiger partial charge on any atom is -0.465 e. The Balaban J connectivity index is 0.000000484. The molecule has 0 amide bonds. The van der Waals surface area contributed by atoms with Gasteiger partial charge in [0.25, 0.3) is 6.47 Å². The van der Waals surface area contributed by atoms with Gasteiger partial charge in [-0.05, 0) is 86.1 Å². The van der Waals surface area contributed by atoms with Crippen LogP contribution < -0.4 is 0 Å². The van der Waals surface area contributed by atoms with E-state index in [0.717, 1.165) is 23.7 Å². The molecule has 210 valence electrons. The number of ether oxygens (including phenoxy) is 2. The van der Waals surface area contributed by atoms with E-state index in [0.29, 0.717) is 31.7 Å². The van der Waals surface area contributed by atoms with Crippen LogP contribution in [0.3, 0.4) is 0 Å². The van der Waals surface area contributed by atoms with Crippen LogP contribution in [0.4, 0.5) is 0 Å². The van der Waals surface area contributed by atoms with Gasteiger partial charge < -0.3 is 14.4 Å². The molecule has 0 saturated heterocycles. The molecule has 2 aromatic rings. The number of hydrogen-bond donors (Lipinski definition) is 0. The second-order valence-corrected chi connectivity index (χ2v) is 13.3. The first-order valence-electron chi connectivity index (χ1n) is 13.7. The molecule has 0 unspecified atom stereocenters. The Morgan fingerprint density at radius 2 is 1.68 bits per heavy atom. The summed E-state index contributed by atoms with van der Waals surface area (Å²) in [5.41, 5.74) is 6.11. The molecule has 0 aromatic heterocycles. The average Bonchev–Trinajstić information content (AvgIpc) is 3.12. The molecule has 0 heterocycles. The molecule has 1 aliphatic rings. The predicted octanol–water partition coefficient (Wildman–Crippen LogP) is 7.56. The van der Waals surface area contributed by atoms with Gasteiger partial charge in [0.2, 0.25) is 0 Å². The van der Waals surface area contributed by atoms with Gasteiger partial charge in [-0.3, -0.25) is 4.79 Å². The first kappa shape index (κ1) is 32.5. The van der Waals surface area contributed by atoms with E-state index in [-0.39, 0.29) is 0 Å². The van der Waals surface area contributed by atoms with Crippen LogP contribution in [0, 0.1) is 5.41 Å². The Kier molecular flexibility index (Phi) is 15.8. The standard InChI is InChI=1S/C24H28O3S2.C8H19N/c25-19-27-13-12-26-14-15-28-16-17-29-24-10-8-21(9-11-24)23-7-3-6-20-4-1-2-5-22(20)18-23;1-8(2,3)6-7-9(4)5/h1-2,4-5,8-11,18-19H,3,6-7,12-17H2;6-7H2,1-5H3. The number of carbonyl (C=O) groups excluding carboxylic acids is 1. The monoisotopic (exact) mass is 557 g/mol. The Morgan fingerprint density at radius 1 is 0.921 bits per heavy atom. The lowest BCUT2D eigenvalue weighted by Gasteiger charge is -2.20. The molecule has 38 heavy (non-hydrogen) atoms. The van der Waals surface area contributed by atoms with E-state index in [4.69, 9.17) is 4.74 Å². The Morgan fingerprint density at radius 3 is 2.37 bits per heavy atom. The lowest BCUT2D eigenvalue weighted by Crippen LogP contribution is -2.19. The van der Waals surface area contributed by atoms with Gasteiger partial charge in [-0.1, -0.05) is 63.2 Å². The summed E-state index contributed by atoms with van der Waals surface area (Å²) >= 11 is 3.80. The number of aryl methyl sites for hydroxylation is 1. The second kappa shape index (κ2) is 18.5. The third-order valence-corrected chi connectivity index (χ3v) is 8.31. The molecule has 4 nitrogen and oxygen atoms in total. The summed E-state index contributed by atoms with van der Waals surface area (Å²) in [5, 5.41) is 0. The summed E-state index contributed by atoms with van der Waals surface area (Å²) in [5.74, 6) is 3.16. The van der Waals surface area contributed by atoms with Crippen molar-refractivity contribution in [1.29, 1.82) is 0 Å². The third kappa shape index (κ3) is 14.4. The van der Waals surface area contributed by atoms with E-state index in [1.165, 1.54) is 53.0 Å². The summed E-state index contributed by atoms with van der Waals surface area (Å²) < 4.78 is 9.96. The molecule has 1 aliphatic carbocycles. The SMILES string of the molecule is CN(C)CCC(C)(C)C.O=COCCOCCSCCSc1ccc(C2=Cc3ccccc3CCC2)cc1. The van der Waals surface area contributed by atoms with Gasteiger partial charge in [-0.15, -0.1) is 11.8 Å². The molecule has 6 heteroatoms. The van der Waals surface area contributed by atoms with E-state index >= 15 is 0 Å². The zero-order valence-electron chi connectivity index (χ0n) is 24.0. The number of allylic oxidation sites excluding steroid dienone is 1. The maximum absolute atomic E-state index is 10.00. The number of nitrogens with zero attached hydrogens (tertiary/aromatic N) is 1. The van der Waals surface area contributed by atoms with Crippen molar-refractivity contribution in [3.8, 4) is 0 Å². The van der Waals surface area contributed by atoms with E-state index in [1.807, 2.05) is 23.5 Å². The van der Waals surface area contributed by atoms with Gasteiger partial charge in [0, 0.05) is 22.2 Å². The summed E-state index contributed by atoms with van der Waals surface area (Å²) in [6.45, 7) is 9.98. The fourth-order valence-electron chi connectivity index (χ4n) is 3.88. The van der Waals surface area contributed by atoms with Gasteiger partial charge >= 0.3 is 0 Å². The van der Waals surface area contributed by atoms with Crippen molar-refractivity contribution in [3.05, 3.63) is 65.2 Å². The number of benzene rings is 2. The van der Waals surface area contributed by atoms with E-state index in [9.17, 15) is 4.79 Å².